The Labute approximate surface area is 92.4 Å². The Bertz CT molecular complexity index is 545. The quantitative estimate of drug-likeness (QED) is 0.576. The van der Waals surface area contributed by atoms with Crippen molar-refractivity contribution >= 4 is 17.0 Å². The fourth-order valence-corrected chi connectivity index (χ4v) is 1.55. The van der Waals surface area contributed by atoms with E-state index in [2.05, 4.69) is 16.7 Å². The van der Waals surface area contributed by atoms with Crippen LogP contribution in [-0.2, 0) is 11.3 Å². The first-order valence-corrected chi connectivity index (χ1v) is 4.77. The van der Waals surface area contributed by atoms with Crippen LogP contribution in [0, 0.1) is 0 Å². The first kappa shape index (κ1) is 10.4. The van der Waals surface area contributed by atoms with E-state index in [1.165, 1.54) is 7.11 Å². The van der Waals surface area contributed by atoms with Crippen molar-refractivity contribution in [3.8, 4) is 0 Å². The lowest BCUT2D eigenvalue weighted by molar-refractivity contribution is 0.0602. The molecule has 2 rings (SSSR count). The maximum absolute atomic E-state index is 11.6. The highest BCUT2D eigenvalue weighted by Crippen LogP contribution is 2.17. The summed E-state index contributed by atoms with van der Waals surface area (Å²) < 4.78 is 6.38. The molecule has 0 aliphatic rings. The Kier molecular flexibility index (Phi) is 2.68. The second kappa shape index (κ2) is 4.14. The van der Waals surface area contributed by atoms with Crippen molar-refractivity contribution in [1.82, 2.24) is 14.8 Å². The molecular formula is C11H11N3O2. The molecule has 0 aliphatic carbocycles. The number of aromatic nitrogens is 3. The summed E-state index contributed by atoms with van der Waals surface area (Å²) in [5.74, 6) is -0.391. The Hall–Kier alpha value is -2.17. The van der Waals surface area contributed by atoms with Gasteiger partial charge in [-0.15, -0.1) is 6.58 Å². The van der Waals surface area contributed by atoms with Crippen LogP contribution in [-0.4, -0.2) is 27.8 Å². The summed E-state index contributed by atoms with van der Waals surface area (Å²) in [6.07, 6.45) is 4.89. The third-order valence-electron chi connectivity index (χ3n) is 2.24. The van der Waals surface area contributed by atoms with Gasteiger partial charge in [-0.25, -0.2) is 4.79 Å². The molecule has 0 aliphatic heterocycles. The predicted molar refractivity (Wildman–Crippen MR) is 59.1 cm³/mol. The molecule has 2 aromatic rings. The van der Waals surface area contributed by atoms with E-state index in [0.717, 1.165) is 0 Å². The number of rotatable bonds is 3. The minimum absolute atomic E-state index is 0.391. The van der Waals surface area contributed by atoms with E-state index in [1.54, 1.807) is 29.2 Å². The van der Waals surface area contributed by atoms with Crippen LogP contribution in [0.5, 0.6) is 0 Å². The topological polar surface area (TPSA) is 57.0 Å². The van der Waals surface area contributed by atoms with Gasteiger partial charge in [0.05, 0.1) is 25.4 Å². The van der Waals surface area contributed by atoms with Gasteiger partial charge in [0.15, 0.2) is 0 Å². The van der Waals surface area contributed by atoms with Gasteiger partial charge in [0.25, 0.3) is 0 Å². The third-order valence-corrected chi connectivity index (χ3v) is 2.24. The fourth-order valence-electron chi connectivity index (χ4n) is 1.55. The summed E-state index contributed by atoms with van der Waals surface area (Å²) in [7, 11) is 1.35. The van der Waals surface area contributed by atoms with E-state index in [-0.39, 0.29) is 0 Å². The van der Waals surface area contributed by atoms with Gasteiger partial charge in [0.2, 0.25) is 0 Å². The zero-order valence-corrected chi connectivity index (χ0v) is 8.88. The minimum atomic E-state index is -0.391. The minimum Gasteiger partial charge on any atom is -0.465 e. The highest BCUT2D eigenvalue weighted by atomic mass is 16.5. The Morgan fingerprint density at radius 1 is 1.69 bits per heavy atom. The van der Waals surface area contributed by atoms with Crippen molar-refractivity contribution in [2.75, 3.05) is 7.11 Å². The second-order valence-corrected chi connectivity index (χ2v) is 3.20. The molecule has 5 nitrogen and oxygen atoms in total. The standard InChI is InChI=1S/C11H11N3O2/c1-3-6-14-10-8(11(15)16-2)4-5-12-9(10)7-13-14/h3-5,7H,1,6H2,2H3. The molecule has 0 aromatic carbocycles. The van der Waals surface area contributed by atoms with E-state index < -0.39 is 5.97 Å². The van der Waals surface area contributed by atoms with Crippen molar-refractivity contribution in [2.24, 2.45) is 0 Å². The normalized spacial score (nSPS) is 10.3. The number of methoxy groups -OCH3 is 1. The lowest BCUT2D eigenvalue weighted by Gasteiger charge is -2.04. The van der Waals surface area contributed by atoms with Gasteiger partial charge >= 0.3 is 5.97 Å². The number of pyridine rings is 1. The molecule has 0 atom stereocenters. The summed E-state index contributed by atoms with van der Waals surface area (Å²) in [4.78, 5) is 15.7. The van der Waals surface area contributed by atoms with Gasteiger partial charge in [0, 0.05) is 6.20 Å². The summed E-state index contributed by atoms with van der Waals surface area (Å²) in [5.41, 5.74) is 1.81. The average Bonchev–Trinajstić information content (AvgIpc) is 2.72. The number of carbonyl (C=O) groups is 1. The summed E-state index contributed by atoms with van der Waals surface area (Å²) in [6.45, 7) is 4.17. The molecule has 0 radical (unpaired) electrons. The van der Waals surface area contributed by atoms with Crippen molar-refractivity contribution in [3.63, 3.8) is 0 Å². The third kappa shape index (κ3) is 1.56. The fraction of sp³-hybridized carbons (Fsp3) is 0.182. The van der Waals surface area contributed by atoms with E-state index in [0.29, 0.717) is 23.1 Å². The van der Waals surface area contributed by atoms with Crippen LogP contribution in [0.4, 0.5) is 0 Å². The Morgan fingerprint density at radius 2 is 2.50 bits per heavy atom. The number of ether oxygens (including phenoxy) is 1. The van der Waals surface area contributed by atoms with Crippen LogP contribution >= 0.6 is 0 Å². The van der Waals surface area contributed by atoms with E-state index >= 15 is 0 Å². The lowest BCUT2D eigenvalue weighted by Crippen LogP contribution is -2.06. The molecule has 0 bridgehead atoms. The van der Waals surface area contributed by atoms with Crippen LogP contribution in [0.15, 0.2) is 31.1 Å². The Morgan fingerprint density at radius 3 is 3.19 bits per heavy atom. The van der Waals surface area contributed by atoms with Crippen molar-refractivity contribution < 1.29 is 9.53 Å². The van der Waals surface area contributed by atoms with E-state index in [9.17, 15) is 4.79 Å². The van der Waals surface area contributed by atoms with E-state index in [4.69, 9.17) is 4.74 Å². The molecule has 0 unspecified atom stereocenters. The zero-order chi connectivity index (χ0) is 11.5. The number of hydrogen-bond acceptors (Lipinski definition) is 4. The molecule has 2 aromatic heterocycles. The molecular weight excluding hydrogens is 206 g/mol. The number of fused-ring (bicyclic) bond motifs is 1. The number of hydrogen-bond donors (Lipinski definition) is 0. The molecule has 5 heteroatoms. The Balaban J connectivity index is 2.67. The SMILES string of the molecule is C=CCn1ncc2nccc(C(=O)OC)c21. The van der Waals surface area contributed by atoms with Gasteiger partial charge < -0.3 is 4.74 Å². The lowest BCUT2D eigenvalue weighted by atomic mass is 10.2. The second-order valence-electron chi connectivity index (χ2n) is 3.20. The van der Waals surface area contributed by atoms with Crippen LogP contribution < -0.4 is 0 Å². The highest BCUT2D eigenvalue weighted by Gasteiger charge is 2.14. The monoisotopic (exact) mass is 217 g/mol. The largest absolute Gasteiger partial charge is 0.465 e. The molecule has 0 saturated heterocycles. The molecule has 0 amide bonds. The molecule has 0 N–H and O–H groups in total. The molecule has 0 saturated carbocycles. The molecule has 0 fully saturated rings. The van der Waals surface area contributed by atoms with Gasteiger partial charge in [-0.05, 0) is 6.07 Å². The molecule has 2 heterocycles. The smallest absolute Gasteiger partial charge is 0.340 e. The van der Waals surface area contributed by atoms with Crippen LogP contribution in [0.3, 0.4) is 0 Å². The van der Waals surface area contributed by atoms with Gasteiger partial charge in [-0.2, -0.15) is 5.10 Å². The molecule has 0 spiro atoms. The van der Waals surface area contributed by atoms with Gasteiger partial charge in [0.1, 0.15) is 11.0 Å². The summed E-state index contributed by atoms with van der Waals surface area (Å²) in [5, 5.41) is 4.14. The van der Waals surface area contributed by atoms with Gasteiger partial charge in [-0.1, -0.05) is 6.08 Å². The average molecular weight is 217 g/mol. The van der Waals surface area contributed by atoms with Crippen molar-refractivity contribution in [2.45, 2.75) is 6.54 Å². The molecule has 82 valence electrons. The number of allylic oxidation sites excluding steroid dienone is 1. The number of esters is 1. The van der Waals surface area contributed by atoms with Crippen LogP contribution in [0.2, 0.25) is 0 Å². The predicted octanol–water partition coefficient (Wildman–Crippen LogP) is 1.40. The van der Waals surface area contributed by atoms with Crippen LogP contribution in [0.25, 0.3) is 11.0 Å². The summed E-state index contributed by atoms with van der Waals surface area (Å²) in [6, 6.07) is 1.62. The van der Waals surface area contributed by atoms with E-state index in [1.807, 2.05) is 0 Å². The first-order chi connectivity index (χ1) is 7.77. The van der Waals surface area contributed by atoms with Crippen molar-refractivity contribution in [1.29, 1.82) is 0 Å². The van der Waals surface area contributed by atoms with Crippen molar-refractivity contribution in [3.05, 3.63) is 36.7 Å². The number of nitrogens with zero attached hydrogens (tertiary/aromatic N) is 3. The van der Waals surface area contributed by atoms with Gasteiger partial charge in [-0.3, -0.25) is 9.67 Å². The number of carbonyl (C=O) groups excluding carboxylic acids is 1. The highest BCUT2D eigenvalue weighted by molar-refractivity contribution is 6.01. The summed E-state index contributed by atoms with van der Waals surface area (Å²) >= 11 is 0. The van der Waals surface area contributed by atoms with Crippen LogP contribution in [0.1, 0.15) is 10.4 Å². The maximum atomic E-state index is 11.6. The zero-order valence-electron chi connectivity index (χ0n) is 8.88. The first-order valence-electron chi connectivity index (χ1n) is 4.77. The molecule has 16 heavy (non-hydrogen) atoms. The maximum Gasteiger partial charge on any atom is 0.340 e.